The normalized spacial score (nSPS) is 16.3. The number of amides is 1. The number of carbonyl (C=O) groups is 1. The summed E-state index contributed by atoms with van der Waals surface area (Å²) in [5.74, 6) is 0.00230. The number of rotatable bonds is 4. The number of anilines is 1. The SMILES string of the molecule is CN(Cc1ccc(Cl)s1)C(=O)c1cccc(N2CCCS2(=O)=O)c1. The summed E-state index contributed by atoms with van der Waals surface area (Å²) in [7, 11) is -1.54. The van der Waals surface area contributed by atoms with Gasteiger partial charge in [-0.1, -0.05) is 17.7 Å². The minimum absolute atomic E-state index is 0.155. The Morgan fingerprint density at radius 3 is 2.75 bits per heavy atom. The standard InChI is InChI=1S/C16H17ClN2O3S2/c1-18(11-14-6-7-15(17)23-14)16(20)12-4-2-5-13(10-12)19-8-3-9-24(19,21)22/h2,4-7,10H,3,8-9,11H2,1H3. The van der Waals surface area contributed by atoms with E-state index in [9.17, 15) is 13.2 Å². The van der Waals surface area contributed by atoms with E-state index in [0.29, 0.717) is 35.1 Å². The van der Waals surface area contributed by atoms with Crippen LogP contribution in [0.25, 0.3) is 0 Å². The van der Waals surface area contributed by atoms with Crippen molar-refractivity contribution in [2.75, 3.05) is 23.7 Å². The Hall–Kier alpha value is -1.57. The van der Waals surface area contributed by atoms with Gasteiger partial charge in [0.15, 0.2) is 0 Å². The first-order valence-corrected chi connectivity index (χ1v) is 10.3. The zero-order valence-electron chi connectivity index (χ0n) is 13.1. The fourth-order valence-corrected chi connectivity index (χ4v) is 5.38. The van der Waals surface area contributed by atoms with Gasteiger partial charge in [-0.2, -0.15) is 0 Å². The van der Waals surface area contributed by atoms with Gasteiger partial charge < -0.3 is 4.90 Å². The summed E-state index contributed by atoms with van der Waals surface area (Å²) in [6.45, 7) is 0.923. The van der Waals surface area contributed by atoms with Crippen molar-refractivity contribution in [1.82, 2.24) is 4.90 Å². The van der Waals surface area contributed by atoms with Crippen LogP contribution in [0.4, 0.5) is 5.69 Å². The van der Waals surface area contributed by atoms with E-state index < -0.39 is 10.0 Å². The van der Waals surface area contributed by atoms with Crippen LogP contribution in [0.15, 0.2) is 36.4 Å². The van der Waals surface area contributed by atoms with Crippen molar-refractivity contribution >= 4 is 44.6 Å². The van der Waals surface area contributed by atoms with Gasteiger partial charge >= 0.3 is 0 Å². The molecule has 0 aliphatic carbocycles. The van der Waals surface area contributed by atoms with Crippen LogP contribution in [0.5, 0.6) is 0 Å². The second kappa shape index (κ2) is 6.74. The summed E-state index contributed by atoms with van der Waals surface area (Å²) in [6, 6.07) is 10.5. The number of carbonyl (C=O) groups excluding carboxylic acids is 1. The molecule has 1 aliphatic heterocycles. The molecule has 2 heterocycles. The van der Waals surface area contributed by atoms with Crippen LogP contribution in [0.2, 0.25) is 4.34 Å². The minimum atomic E-state index is -3.25. The number of nitrogens with zero attached hydrogens (tertiary/aromatic N) is 2. The first-order valence-electron chi connectivity index (χ1n) is 7.47. The van der Waals surface area contributed by atoms with Gasteiger partial charge in [0.1, 0.15) is 0 Å². The van der Waals surface area contributed by atoms with E-state index in [4.69, 9.17) is 11.6 Å². The maximum atomic E-state index is 12.6. The number of benzene rings is 1. The molecule has 8 heteroatoms. The molecular formula is C16H17ClN2O3S2. The van der Waals surface area contributed by atoms with E-state index in [1.54, 1.807) is 42.3 Å². The molecule has 128 valence electrons. The van der Waals surface area contributed by atoms with Crippen molar-refractivity contribution in [3.63, 3.8) is 0 Å². The smallest absolute Gasteiger partial charge is 0.253 e. The van der Waals surface area contributed by atoms with Gasteiger partial charge in [0.2, 0.25) is 10.0 Å². The quantitative estimate of drug-likeness (QED) is 0.813. The predicted molar refractivity (Wildman–Crippen MR) is 97.3 cm³/mol. The fraction of sp³-hybridized carbons (Fsp3) is 0.312. The third-order valence-corrected chi connectivity index (χ3v) is 6.93. The maximum absolute atomic E-state index is 12.6. The molecule has 0 atom stereocenters. The second-order valence-corrected chi connectivity index (χ2v) is 9.47. The van der Waals surface area contributed by atoms with Crippen molar-refractivity contribution in [1.29, 1.82) is 0 Å². The van der Waals surface area contributed by atoms with Crippen molar-refractivity contribution in [2.24, 2.45) is 0 Å². The largest absolute Gasteiger partial charge is 0.337 e. The minimum Gasteiger partial charge on any atom is -0.337 e. The number of thiophene rings is 1. The van der Waals surface area contributed by atoms with Crippen molar-refractivity contribution in [3.8, 4) is 0 Å². The van der Waals surface area contributed by atoms with Crippen LogP contribution >= 0.6 is 22.9 Å². The van der Waals surface area contributed by atoms with E-state index in [2.05, 4.69) is 0 Å². The lowest BCUT2D eigenvalue weighted by molar-refractivity contribution is 0.0786. The zero-order valence-corrected chi connectivity index (χ0v) is 15.5. The molecule has 1 saturated heterocycles. The summed E-state index contributed by atoms with van der Waals surface area (Å²) in [5.41, 5.74) is 1.02. The highest BCUT2D eigenvalue weighted by Gasteiger charge is 2.28. The Labute approximate surface area is 150 Å². The van der Waals surface area contributed by atoms with Crippen molar-refractivity contribution in [3.05, 3.63) is 51.2 Å². The number of halogens is 1. The highest BCUT2D eigenvalue weighted by molar-refractivity contribution is 7.93. The number of hydrogen-bond acceptors (Lipinski definition) is 4. The zero-order chi connectivity index (χ0) is 17.3. The molecule has 24 heavy (non-hydrogen) atoms. The lowest BCUT2D eigenvalue weighted by Gasteiger charge is -2.20. The van der Waals surface area contributed by atoms with Crippen LogP contribution in [-0.2, 0) is 16.6 Å². The Morgan fingerprint density at radius 1 is 1.33 bits per heavy atom. The molecule has 1 aliphatic rings. The van der Waals surface area contributed by atoms with E-state index in [-0.39, 0.29) is 11.7 Å². The van der Waals surface area contributed by atoms with E-state index in [1.165, 1.54) is 15.6 Å². The summed E-state index contributed by atoms with van der Waals surface area (Å²) in [4.78, 5) is 15.2. The fourth-order valence-electron chi connectivity index (χ4n) is 2.69. The molecule has 1 aromatic carbocycles. The molecule has 2 aromatic rings. The summed E-state index contributed by atoms with van der Waals surface area (Å²) < 4.78 is 26.1. The van der Waals surface area contributed by atoms with Crippen molar-refractivity contribution in [2.45, 2.75) is 13.0 Å². The molecule has 0 unspecified atom stereocenters. The first-order chi connectivity index (χ1) is 11.4. The molecule has 0 radical (unpaired) electrons. The molecule has 0 saturated carbocycles. The van der Waals surface area contributed by atoms with Gasteiger partial charge in [-0.05, 0) is 36.8 Å². The lowest BCUT2D eigenvalue weighted by Crippen LogP contribution is -2.27. The molecule has 0 spiro atoms. The molecule has 0 bridgehead atoms. The van der Waals surface area contributed by atoms with Crippen LogP contribution in [0, 0.1) is 0 Å². The highest BCUT2D eigenvalue weighted by atomic mass is 35.5. The van der Waals surface area contributed by atoms with Gasteiger partial charge in [-0.15, -0.1) is 11.3 Å². The third kappa shape index (κ3) is 3.58. The Bertz CT molecular complexity index is 864. The predicted octanol–water partition coefficient (Wildman–Crippen LogP) is 3.21. The van der Waals surface area contributed by atoms with E-state index >= 15 is 0 Å². The average Bonchev–Trinajstić information content (AvgIpc) is 3.11. The van der Waals surface area contributed by atoms with Gasteiger partial charge in [-0.25, -0.2) is 8.42 Å². The van der Waals surface area contributed by atoms with Gasteiger partial charge in [0, 0.05) is 24.0 Å². The van der Waals surface area contributed by atoms with Crippen LogP contribution in [0.3, 0.4) is 0 Å². The average molecular weight is 385 g/mol. The first kappa shape index (κ1) is 17.3. The van der Waals surface area contributed by atoms with Gasteiger partial charge in [0.05, 0.1) is 22.3 Å². The molecule has 1 aromatic heterocycles. The molecule has 0 N–H and O–H groups in total. The van der Waals surface area contributed by atoms with Crippen LogP contribution in [-0.4, -0.2) is 38.6 Å². The van der Waals surface area contributed by atoms with E-state index in [1.807, 2.05) is 6.07 Å². The third-order valence-electron chi connectivity index (χ3n) is 3.85. The molecular weight excluding hydrogens is 368 g/mol. The summed E-state index contributed by atoms with van der Waals surface area (Å²) >= 11 is 7.35. The topological polar surface area (TPSA) is 57.7 Å². The van der Waals surface area contributed by atoms with Crippen molar-refractivity contribution < 1.29 is 13.2 Å². The molecule has 5 nitrogen and oxygen atoms in total. The summed E-state index contributed by atoms with van der Waals surface area (Å²) in [5, 5.41) is 0. The van der Waals surface area contributed by atoms with Crippen LogP contribution in [0.1, 0.15) is 21.7 Å². The maximum Gasteiger partial charge on any atom is 0.253 e. The Balaban J connectivity index is 1.79. The molecule has 1 amide bonds. The number of hydrogen-bond donors (Lipinski definition) is 0. The lowest BCUT2D eigenvalue weighted by atomic mass is 10.1. The highest BCUT2D eigenvalue weighted by Crippen LogP contribution is 2.26. The second-order valence-electron chi connectivity index (χ2n) is 5.66. The Morgan fingerprint density at radius 2 is 2.12 bits per heavy atom. The van der Waals surface area contributed by atoms with E-state index in [0.717, 1.165) is 4.88 Å². The Kier molecular flexibility index (Phi) is 4.85. The van der Waals surface area contributed by atoms with Gasteiger partial charge in [-0.3, -0.25) is 9.10 Å². The monoisotopic (exact) mass is 384 g/mol. The molecule has 1 fully saturated rings. The number of sulfonamides is 1. The van der Waals surface area contributed by atoms with Crippen LogP contribution < -0.4 is 4.31 Å². The van der Waals surface area contributed by atoms with Gasteiger partial charge in [0.25, 0.3) is 5.91 Å². The summed E-state index contributed by atoms with van der Waals surface area (Å²) in [6.07, 6.45) is 0.611. The molecule has 3 rings (SSSR count).